The summed E-state index contributed by atoms with van der Waals surface area (Å²) in [7, 11) is 0. The first-order chi connectivity index (χ1) is 9.22. The zero-order valence-corrected chi connectivity index (χ0v) is 15.0. The van der Waals surface area contributed by atoms with Gasteiger partial charge in [-0.1, -0.05) is 6.07 Å². The van der Waals surface area contributed by atoms with E-state index in [9.17, 15) is 10.0 Å². The second kappa shape index (κ2) is 7.59. The predicted molar refractivity (Wildman–Crippen MR) is 91.0 cm³/mol. The quantitative estimate of drug-likeness (QED) is 0.860. The Bertz CT molecular complexity index is 477. The molecule has 0 spiro atoms. The largest absolute Gasteiger partial charge is 0.348 e. The number of nitrogens with one attached hydrogen (secondary N) is 1. The minimum atomic E-state index is -0.371. The lowest BCUT2D eigenvalue weighted by molar-refractivity contribution is -0.245. The van der Waals surface area contributed by atoms with Crippen LogP contribution in [-0.4, -0.2) is 38.3 Å². The molecule has 1 saturated heterocycles. The van der Waals surface area contributed by atoms with Crippen LogP contribution in [0.2, 0.25) is 0 Å². The zero-order valence-electron chi connectivity index (χ0n) is 13.4. The summed E-state index contributed by atoms with van der Waals surface area (Å²) in [5.41, 5.74) is -0.317. The highest BCUT2D eigenvalue weighted by Gasteiger charge is 2.45. The van der Waals surface area contributed by atoms with Crippen molar-refractivity contribution in [2.24, 2.45) is 0 Å². The van der Waals surface area contributed by atoms with Gasteiger partial charge < -0.3 is 10.5 Å². The van der Waals surface area contributed by atoms with Crippen LogP contribution >= 0.6 is 24.8 Å². The lowest BCUT2D eigenvalue weighted by atomic mass is 9.79. The van der Waals surface area contributed by atoms with Gasteiger partial charge in [0.2, 0.25) is 0 Å². The summed E-state index contributed by atoms with van der Waals surface area (Å²) in [6.07, 6.45) is 3.01. The Labute approximate surface area is 144 Å². The molecule has 1 fully saturated rings. The molecule has 126 valence electrons. The molecule has 0 unspecified atom stereocenters. The summed E-state index contributed by atoms with van der Waals surface area (Å²) >= 11 is 0. The highest BCUT2D eigenvalue weighted by molar-refractivity contribution is 5.92. The SMILES string of the molecule is CC1(C)CC(NC(=O)c2ccccn2)CC(C)(C)N1O.Cl.Cl. The van der Waals surface area contributed by atoms with E-state index >= 15 is 0 Å². The molecular weight excluding hydrogens is 325 g/mol. The molecule has 1 aliphatic rings. The maximum atomic E-state index is 12.2. The number of hydrogen-bond acceptors (Lipinski definition) is 4. The van der Waals surface area contributed by atoms with Crippen LogP contribution in [0.25, 0.3) is 0 Å². The van der Waals surface area contributed by atoms with E-state index in [0.717, 1.165) is 0 Å². The molecule has 1 aromatic rings. The third-order valence-corrected chi connectivity index (χ3v) is 3.87. The molecule has 0 saturated carbocycles. The number of halogens is 2. The van der Waals surface area contributed by atoms with Crippen LogP contribution in [0, 0.1) is 0 Å². The molecule has 1 aromatic heterocycles. The third kappa shape index (κ3) is 4.56. The van der Waals surface area contributed by atoms with Gasteiger partial charge in [-0.3, -0.25) is 9.78 Å². The summed E-state index contributed by atoms with van der Waals surface area (Å²) in [5, 5.41) is 14.7. The summed E-state index contributed by atoms with van der Waals surface area (Å²) in [6, 6.07) is 5.31. The first-order valence-electron chi connectivity index (χ1n) is 6.93. The van der Waals surface area contributed by atoms with Crippen molar-refractivity contribution in [1.82, 2.24) is 15.4 Å². The molecule has 0 bridgehead atoms. The number of rotatable bonds is 2. The summed E-state index contributed by atoms with van der Waals surface area (Å²) in [6.45, 7) is 7.92. The van der Waals surface area contributed by atoms with Crippen LogP contribution in [0.4, 0.5) is 0 Å². The lowest BCUT2D eigenvalue weighted by Gasteiger charge is -2.51. The van der Waals surface area contributed by atoms with Gasteiger partial charge >= 0.3 is 0 Å². The number of nitrogens with zero attached hydrogens (tertiary/aromatic N) is 2. The fourth-order valence-corrected chi connectivity index (χ4v) is 3.13. The van der Waals surface area contributed by atoms with Crippen LogP contribution in [0.15, 0.2) is 24.4 Å². The number of piperidine rings is 1. The van der Waals surface area contributed by atoms with Gasteiger partial charge in [0.25, 0.3) is 5.91 Å². The molecule has 0 aromatic carbocycles. The number of hydroxylamine groups is 2. The van der Waals surface area contributed by atoms with Gasteiger partial charge in [0, 0.05) is 23.3 Å². The van der Waals surface area contributed by atoms with Gasteiger partial charge in [0.1, 0.15) is 5.69 Å². The fourth-order valence-electron chi connectivity index (χ4n) is 3.13. The average molecular weight is 350 g/mol. The first-order valence-corrected chi connectivity index (χ1v) is 6.93. The Hall–Kier alpha value is -0.880. The minimum Gasteiger partial charge on any atom is -0.348 e. The van der Waals surface area contributed by atoms with Crippen molar-refractivity contribution in [3.8, 4) is 0 Å². The smallest absolute Gasteiger partial charge is 0.270 e. The Kier molecular flexibility index (Phi) is 7.29. The third-order valence-electron chi connectivity index (χ3n) is 3.87. The van der Waals surface area contributed by atoms with E-state index < -0.39 is 0 Å². The number of aromatic nitrogens is 1. The Balaban J connectivity index is 0.00000220. The molecule has 7 heteroatoms. The number of carbonyl (C=O) groups excluding carboxylic acids is 1. The molecular formula is C15H25Cl2N3O2. The van der Waals surface area contributed by atoms with Gasteiger partial charge in [-0.05, 0) is 52.7 Å². The van der Waals surface area contributed by atoms with Crippen LogP contribution in [0.5, 0.6) is 0 Å². The predicted octanol–water partition coefficient (Wildman–Crippen LogP) is 3.07. The van der Waals surface area contributed by atoms with E-state index in [1.54, 1.807) is 24.4 Å². The monoisotopic (exact) mass is 349 g/mol. The molecule has 5 nitrogen and oxygen atoms in total. The second-order valence-electron chi connectivity index (χ2n) is 6.73. The molecule has 2 rings (SSSR count). The molecule has 0 atom stereocenters. The van der Waals surface area contributed by atoms with Gasteiger partial charge in [0.05, 0.1) is 0 Å². The van der Waals surface area contributed by atoms with Crippen molar-refractivity contribution in [2.75, 3.05) is 0 Å². The van der Waals surface area contributed by atoms with Crippen LogP contribution in [0.3, 0.4) is 0 Å². The highest BCUT2D eigenvalue weighted by atomic mass is 35.5. The Morgan fingerprint density at radius 1 is 1.23 bits per heavy atom. The summed E-state index contributed by atoms with van der Waals surface area (Å²) < 4.78 is 0. The highest BCUT2D eigenvalue weighted by Crippen LogP contribution is 2.36. The Morgan fingerprint density at radius 3 is 2.23 bits per heavy atom. The first kappa shape index (κ1) is 21.1. The van der Waals surface area contributed by atoms with Crippen molar-refractivity contribution in [3.63, 3.8) is 0 Å². The van der Waals surface area contributed by atoms with Crippen LogP contribution in [0.1, 0.15) is 51.0 Å². The van der Waals surface area contributed by atoms with E-state index in [-0.39, 0.29) is 47.8 Å². The van der Waals surface area contributed by atoms with Gasteiger partial charge in [0.15, 0.2) is 0 Å². The molecule has 2 N–H and O–H groups in total. The fraction of sp³-hybridized carbons (Fsp3) is 0.600. The second-order valence-corrected chi connectivity index (χ2v) is 6.73. The number of carbonyl (C=O) groups is 1. The van der Waals surface area contributed by atoms with Crippen molar-refractivity contribution in [3.05, 3.63) is 30.1 Å². The maximum Gasteiger partial charge on any atom is 0.270 e. The van der Waals surface area contributed by atoms with Gasteiger partial charge in [-0.15, -0.1) is 24.8 Å². The van der Waals surface area contributed by atoms with Gasteiger partial charge in [-0.25, -0.2) is 0 Å². The lowest BCUT2D eigenvalue weighted by Crippen LogP contribution is -2.62. The molecule has 1 aliphatic heterocycles. The summed E-state index contributed by atoms with van der Waals surface area (Å²) in [5.74, 6) is -0.159. The van der Waals surface area contributed by atoms with Crippen LogP contribution < -0.4 is 5.32 Å². The standard InChI is InChI=1S/C15H23N3O2.2ClH/c1-14(2)9-11(10-15(3,4)18(14)20)17-13(19)12-7-5-6-8-16-12;;/h5-8,11,20H,9-10H2,1-4H3,(H,17,19);2*1H. The topological polar surface area (TPSA) is 65.5 Å². The van der Waals surface area contributed by atoms with Crippen molar-refractivity contribution >= 4 is 30.7 Å². The number of hydrogen-bond donors (Lipinski definition) is 2. The average Bonchev–Trinajstić information content (AvgIpc) is 2.36. The molecule has 0 aliphatic carbocycles. The minimum absolute atomic E-state index is 0. The molecule has 0 radical (unpaired) electrons. The van der Waals surface area contributed by atoms with E-state index in [4.69, 9.17) is 0 Å². The van der Waals surface area contributed by atoms with Crippen LogP contribution in [-0.2, 0) is 0 Å². The molecule has 1 amide bonds. The Morgan fingerprint density at radius 2 is 1.77 bits per heavy atom. The van der Waals surface area contributed by atoms with Crippen molar-refractivity contribution < 1.29 is 10.0 Å². The number of amides is 1. The van der Waals surface area contributed by atoms with E-state index in [2.05, 4.69) is 10.3 Å². The molecule has 22 heavy (non-hydrogen) atoms. The van der Waals surface area contributed by atoms with E-state index in [0.29, 0.717) is 18.5 Å². The van der Waals surface area contributed by atoms with Crippen molar-refractivity contribution in [1.29, 1.82) is 0 Å². The van der Waals surface area contributed by atoms with Gasteiger partial charge in [-0.2, -0.15) is 5.06 Å². The maximum absolute atomic E-state index is 12.2. The number of pyridine rings is 1. The van der Waals surface area contributed by atoms with Crippen molar-refractivity contribution in [2.45, 2.75) is 57.7 Å². The summed E-state index contributed by atoms with van der Waals surface area (Å²) in [4.78, 5) is 16.2. The molecule has 2 heterocycles. The van der Waals surface area contributed by atoms with E-state index in [1.165, 1.54) is 5.06 Å². The normalized spacial score (nSPS) is 20.4. The zero-order chi connectivity index (χ0) is 15.0. The van der Waals surface area contributed by atoms with E-state index in [1.807, 2.05) is 27.7 Å².